The minimum atomic E-state index is -0.443. The topological polar surface area (TPSA) is 77.2 Å². The number of thiazole rings is 1. The molecule has 0 saturated heterocycles. The number of carbonyl (C=O) groups is 1. The monoisotopic (exact) mass is 253 g/mol. The van der Waals surface area contributed by atoms with Crippen molar-refractivity contribution in [3.05, 3.63) is 28.9 Å². The van der Waals surface area contributed by atoms with Crippen LogP contribution < -0.4 is 5.32 Å². The zero-order chi connectivity index (χ0) is 12.3. The minimum Gasteiger partial charge on any atom is -0.464 e. The second kappa shape index (κ2) is 4.96. The molecule has 17 heavy (non-hydrogen) atoms. The number of methoxy groups -OCH3 is 1. The third kappa shape index (κ3) is 2.82. The highest BCUT2D eigenvalue weighted by atomic mass is 32.1. The van der Waals surface area contributed by atoms with Crippen LogP contribution in [0.1, 0.15) is 22.1 Å². The van der Waals surface area contributed by atoms with Gasteiger partial charge >= 0.3 is 5.97 Å². The fourth-order valence-electron chi connectivity index (χ4n) is 1.19. The van der Waals surface area contributed by atoms with Crippen molar-refractivity contribution in [2.75, 3.05) is 12.4 Å². The smallest absolute Gasteiger partial charge is 0.357 e. The van der Waals surface area contributed by atoms with Crippen molar-refractivity contribution in [3.8, 4) is 0 Å². The molecule has 0 aliphatic carbocycles. The molecular formula is C10H11N3O3S. The molecule has 0 amide bonds. The van der Waals surface area contributed by atoms with Crippen LogP contribution >= 0.6 is 11.3 Å². The summed E-state index contributed by atoms with van der Waals surface area (Å²) in [5.41, 5.74) is 0.295. The summed E-state index contributed by atoms with van der Waals surface area (Å²) < 4.78 is 9.85. The van der Waals surface area contributed by atoms with Crippen molar-refractivity contribution in [3.63, 3.8) is 0 Å². The molecule has 0 aromatic carbocycles. The van der Waals surface area contributed by atoms with Crippen LogP contribution in [0.5, 0.6) is 0 Å². The number of esters is 1. The van der Waals surface area contributed by atoms with E-state index in [1.165, 1.54) is 18.4 Å². The molecule has 2 aromatic rings. The highest BCUT2D eigenvalue weighted by Crippen LogP contribution is 2.16. The van der Waals surface area contributed by atoms with E-state index in [1.54, 1.807) is 11.6 Å². The van der Waals surface area contributed by atoms with Gasteiger partial charge in [0.1, 0.15) is 5.76 Å². The molecular weight excluding hydrogens is 242 g/mol. The zero-order valence-electron chi connectivity index (χ0n) is 9.39. The van der Waals surface area contributed by atoms with Gasteiger partial charge in [-0.3, -0.25) is 0 Å². The quantitative estimate of drug-likeness (QED) is 0.838. The SMILES string of the molecule is COC(=O)c1csc(NCc2ncc(C)o2)n1. The minimum absolute atomic E-state index is 0.295. The second-order valence-corrected chi connectivity index (χ2v) is 4.11. The van der Waals surface area contributed by atoms with Gasteiger partial charge in [-0.25, -0.2) is 14.8 Å². The first-order valence-corrected chi connectivity index (χ1v) is 5.76. The molecule has 0 radical (unpaired) electrons. The molecule has 1 N–H and O–H groups in total. The average molecular weight is 253 g/mol. The van der Waals surface area contributed by atoms with Gasteiger partial charge in [-0.2, -0.15) is 0 Å². The van der Waals surface area contributed by atoms with E-state index in [9.17, 15) is 4.79 Å². The van der Waals surface area contributed by atoms with Crippen molar-refractivity contribution < 1.29 is 13.9 Å². The summed E-state index contributed by atoms with van der Waals surface area (Å²) in [7, 11) is 1.32. The van der Waals surface area contributed by atoms with Crippen LogP contribution in [0.25, 0.3) is 0 Å². The maximum absolute atomic E-state index is 11.2. The van der Waals surface area contributed by atoms with Gasteiger partial charge in [0.25, 0.3) is 0 Å². The lowest BCUT2D eigenvalue weighted by Crippen LogP contribution is -2.03. The highest BCUT2D eigenvalue weighted by Gasteiger charge is 2.10. The lowest BCUT2D eigenvalue weighted by molar-refractivity contribution is 0.0595. The number of carbonyl (C=O) groups excluding carboxylic acids is 1. The van der Waals surface area contributed by atoms with Crippen molar-refractivity contribution in [1.82, 2.24) is 9.97 Å². The molecule has 0 unspecified atom stereocenters. The first-order chi connectivity index (χ1) is 8.19. The summed E-state index contributed by atoms with van der Waals surface area (Å²) in [6, 6.07) is 0. The molecule has 0 spiro atoms. The Kier molecular flexibility index (Phi) is 3.38. The summed E-state index contributed by atoms with van der Waals surface area (Å²) in [5.74, 6) is 0.898. The number of hydrogen-bond donors (Lipinski definition) is 1. The molecule has 0 aliphatic heterocycles. The normalized spacial score (nSPS) is 10.2. The Bertz CT molecular complexity index is 520. The van der Waals surface area contributed by atoms with Crippen LogP contribution in [0.2, 0.25) is 0 Å². The van der Waals surface area contributed by atoms with Crippen LogP contribution in [-0.4, -0.2) is 23.0 Å². The summed E-state index contributed by atoms with van der Waals surface area (Å²) in [6.07, 6.45) is 1.65. The van der Waals surface area contributed by atoms with Crippen LogP contribution in [0.3, 0.4) is 0 Å². The van der Waals surface area contributed by atoms with Crippen LogP contribution in [0.15, 0.2) is 16.0 Å². The van der Waals surface area contributed by atoms with Crippen molar-refractivity contribution in [2.24, 2.45) is 0 Å². The number of aromatic nitrogens is 2. The summed E-state index contributed by atoms with van der Waals surface area (Å²) in [5, 5.41) is 5.28. The standard InChI is InChI=1S/C10H11N3O3S/c1-6-3-11-8(16-6)4-12-10-13-7(5-17-10)9(14)15-2/h3,5H,4H2,1-2H3,(H,12,13). The molecule has 90 valence electrons. The van der Waals surface area contributed by atoms with E-state index in [0.29, 0.717) is 23.3 Å². The Morgan fingerprint density at radius 3 is 3.12 bits per heavy atom. The van der Waals surface area contributed by atoms with Gasteiger partial charge in [-0.05, 0) is 6.92 Å². The van der Waals surface area contributed by atoms with Crippen molar-refractivity contribution in [2.45, 2.75) is 13.5 Å². The predicted molar refractivity (Wildman–Crippen MR) is 62.0 cm³/mol. The molecule has 0 saturated carbocycles. The third-order valence-corrected chi connectivity index (χ3v) is 2.76. The molecule has 0 aliphatic rings. The van der Waals surface area contributed by atoms with E-state index >= 15 is 0 Å². The van der Waals surface area contributed by atoms with E-state index in [0.717, 1.165) is 5.76 Å². The van der Waals surface area contributed by atoms with E-state index < -0.39 is 5.97 Å². The Morgan fingerprint density at radius 2 is 2.47 bits per heavy atom. The number of aryl methyl sites for hydroxylation is 1. The first-order valence-electron chi connectivity index (χ1n) is 4.88. The number of oxazole rings is 1. The first kappa shape index (κ1) is 11.6. The molecule has 0 fully saturated rings. The van der Waals surface area contributed by atoms with Gasteiger partial charge < -0.3 is 14.5 Å². The Morgan fingerprint density at radius 1 is 1.65 bits per heavy atom. The summed E-state index contributed by atoms with van der Waals surface area (Å²) in [4.78, 5) is 19.3. The van der Waals surface area contributed by atoms with Gasteiger partial charge in [0.05, 0.1) is 19.9 Å². The van der Waals surface area contributed by atoms with E-state index in [-0.39, 0.29) is 0 Å². The summed E-state index contributed by atoms with van der Waals surface area (Å²) in [6.45, 7) is 2.26. The van der Waals surface area contributed by atoms with E-state index in [4.69, 9.17) is 4.42 Å². The lowest BCUT2D eigenvalue weighted by Gasteiger charge is -1.97. The summed E-state index contributed by atoms with van der Waals surface area (Å²) >= 11 is 1.33. The molecule has 0 bridgehead atoms. The Balaban J connectivity index is 1.95. The zero-order valence-corrected chi connectivity index (χ0v) is 10.2. The van der Waals surface area contributed by atoms with Gasteiger partial charge in [0, 0.05) is 5.38 Å². The second-order valence-electron chi connectivity index (χ2n) is 3.25. The molecule has 6 nitrogen and oxygen atoms in total. The van der Waals surface area contributed by atoms with Crippen LogP contribution in [0, 0.1) is 6.92 Å². The average Bonchev–Trinajstić information content (AvgIpc) is 2.94. The predicted octanol–water partition coefficient (Wildman–Crippen LogP) is 1.84. The molecule has 0 atom stereocenters. The largest absolute Gasteiger partial charge is 0.464 e. The van der Waals surface area contributed by atoms with Crippen LogP contribution in [0.4, 0.5) is 5.13 Å². The number of nitrogens with zero attached hydrogens (tertiary/aromatic N) is 2. The van der Waals surface area contributed by atoms with Crippen molar-refractivity contribution in [1.29, 1.82) is 0 Å². The lowest BCUT2D eigenvalue weighted by atomic mass is 10.5. The highest BCUT2D eigenvalue weighted by molar-refractivity contribution is 7.13. The maximum Gasteiger partial charge on any atom is 0.357 e. The number of anilines is 1. The fraction of sp³-hybridized carbons (Fsp3) is 0.300. The maximum atomic E-state index is 11.2. The molecule has 7 heteroatoms. The number of hydrogen-bond acceptors (Lipinski definition) is 7. The number of nitrogens with one attached hydrogen (secondary N) is 1. The van der Waals surface area contributed by atoms with Gasteiger partial charge in [-0.1, -0.05) is 0 Å². The number of rotatable bonds is 4. The van der Waals surface area contributed by atoms with E-state index in [1.807, 2.05) is 6.92 Å². The van der Waals surface area contributed by atoms with Crippen molar-refractivity contribution >= 4 is 22.4 Å². The molecule has 2 rings (SSSR count). The van der Waals surface area contributed by atoms with Gasteiger partial charge in [0.15, 0.2) is 10.8 Å². The third-order valence-electron chi connectivity index (χ3n) is 1.96. The Labute approximate surface area is 102 Å². The van der Waals surface area contributed by atoms with Crippen LogP contribution in [-0.2, 0) is 11.3 Å². The van der Waals surface area contributed by atoms with Gasteiger partial charge in [-0.15, -0.1) is 11.3 Å². The fourth-order valence-corrected chi connectivity index (χ4v) is 1.87. The van der Waals surface area contributed by atoms with E-state index in [2.05, 4.69) is 20.0 Å². The molecule has 2 aromatic heterocycles. The molecule has 2 heterocycles. The van der Waals surface area contributed by atoms with Gasteiger partial charge in [0.2, 0.25) is 5.89 Å². The number of ether oxygens (including phenoxy) is 1. The Hall–Kier alpha value is -1.89.